The molecule has 0 radical (unpaired) electrons. The fourth-order valence-corrected chi connectivity index (χ4v) is 3.56. The SMILES string of the molecule is CCOC(=O)N1CCC(Nc2cc(C(=O)N3CCC(C)CC3)ncn2)CC1. The number of likely N-dealkylation sites (tertiary alicyclic amines) is 2. The van der Waals surface area contributed by atoms with Crippen molar-refractivity contribution in [2.45, 2.75) is 45.6 Å². The van der Waals surface area contributed by atoms with E-state index in [-0.39, 0.29) is 18.0 Å². The molecule has 2 aliphatic rings. The van der Waals surface area contributed by atoms with E-state index in [1.807, 2.05) is 11.8 Å². The van der Waals surface area contributed by atoms with Crippen molar-refractivity contribution in [3.63, 3.8) is 0 Å². The lowest BCUT2D eigenvalue weighted by molar-refractivity contribution is 0.0691. The first-order valence-corrected chi connectivity index (χ1v) is 9.86. The second-order valence-corrected chi connectivity index (χ2v) is 7.37. The Kier molecular flexibility index (Phi) is 6.47. The van der Waals surface area contributed by atoms with Crippen LogP contribution in [0.2, 0.25) is 0 Å². The largest absolute Gasteiger partial charge is 0.450 e. The average Bonchev–Trinajstić information content (AvgIpc) is 2.69. The normalized spacial score (nSPS) is 19.0. The topological polar surface area (TPSA) is 87.7 Å². The van der Waals surface area contributed by atoms with Crippen molar-refractivity contribution >= 4 is 17.8 Å². The number of nitrogens with one attached hydrogen (secondary N) is 1. The third-order valence-electron chi connectivity index (χ3n) is 5.33. The maximum Gasteiger partial charge on any atom is 0.409 e. The fraction of sp³-hybridized carbons (Fsp3) is 0.684. The Morgan fingerprint density at radius 1 is 1.11 bits per heavy atom. The molecule has 0 spiro atoms. The summed E-state index contributed by atoms with van der Waals surface area (Å²) in [6.07, 6.45) is 4.91. The van der Waals surface area contributed by atoms with Gasteiger partial charge in [-0.15, -0.1) is 0 Å². The molecule has 3 rings (SSSR count). The number of hydrogen-bond donors (Lipinski definition) is 1. The summed E-state index contributed by atoms with van der Waals surface area (Å²) in [5, 5.41) is 3.38. The number of ether oxygens (including phenoxy) is 1. The van der Waals surface area contributed by atoms with Gasteiger partial charge >= 0.3 is 6.09 Å². The van der Waals surface area contributed by atoms with E-state index in [9.17, 15) is 9.59 Å². The summed E-state index contributed by atoms with van der Waals surface area (Å²) in [5.74, 6) is 1.31. The molecule has 3 heterocycles. The van der Waals surface area contributed by atoms with Crippen LogP contribution in [-0.2, 0) is 4.74 Å². The number of anilines is 1. The Morgan fingerprint density at radius 3 is 2.44 bits per heavy atom. The minimum atomic E-state index is -0.248. The number of amides is 2. The highest BCUT2D eigenvalue weighted by molar-refractivity contribution is 5.93. The molecule has 0 atom stereocenters. The van der Waals surface area contributed by atoms with E-state index in [0.29, 0.717) is 37.1 Å². The van der Waals surface area contributed by atoms with Gasteiger partial charge in [-0.25, -0.2) is 14.8 Å². The molecule has 0 bridgehead atoms. The van der Waals surface area contributed by atoms with Gasteiger partial charge in [0.15, 0.2) is 0 Å². The molecule has 148 valence electrons. The van der Waals surface area contributed by atoms with Gasteiger partial charge in [-0.1, -0.05) is 6.92 Å². The summed E-state index contributed by atoms with van der Waals surface area (Å²) >= 11 is 0. The maximum atomic E-state index is 12.7. The maximum absolute atomic E-state index is 12.7. The van der Waals surface area contributed by atoms with Crippen LogP contribution in [0.5, 0.6) is 0 Å². The monoisotopic (exact) mass is 375 g/mol. The van der Waals surface area contributed by atoms with Gasteiger partial charge < -0.3 is 19.9 Å². The van der Waals surface area contributed by atoms with Gasteiger partial charge in [0.25, 0.3) is 5.91 Å². The summed E-state index contributed by atoms with van der Waals surface area (Å²) in [4.78, 5) is 36.5. The highest BCUT2D eigenvalue weighted by Gasteiger charge is 2.25. The number of piperidine rings is 2. The number of hydrogen-bond acceptors (Lipinski definition) is 6. The first-order chi connectivity index (χ1) is 13.1. The molecule has 1 aromatic heterocycles. The van der Waals surface area contributed by atoms with Crippen LogP contribution in [0.15, 0.2) is 12.4 Å². The molecule has 0 unspecified atom stereocenters. The van der Waals surface area contributed by atoms with Gasteiger partial charge in [0, 0.05) is 38.3 Å². The molecule has 0 aromatic carbocycles. The van der Waals surface area contributed by atoms with Gasteiger partial charge in [-0.05, 0) is 38.5 Å². The van der Waals surface area contributed by atoms with Crippen LogP contribution in [0, 0.1) is 5.92 Å². The molecular formula is C19H29N5O3. The van der Waals surface area contributed by atoms with E-state index in [4.69, 9.17) is 4.74 Å². The molecular weight excluding hydrogens is 346 g/mol. The Hall–Kier alpha value is -2.38. The number of aromatic nitrogens is 2. The molecule has 1 aromatic rings. The summed E-state index contributed by atoms with van der Waals surface area (Å²) in [6, 6.07) is 1.95. The standard InChI is InChI=1S/C19H29N5O3/c1-3-27-19(26)24-10-6-15(7-11-24)22-17-12-16(20-13-21-17)18(25)23-8-4-14(2)5-9-23/h12-15H,3-11H2,1-2H3,(H,20,21,22). The molecule has 0 aliphatic carbocycles. The highest BCUT2D eigenvalue weighted by Crippen LogP contribution is 2.19. The van der Waals surface area contributed by atoms with Crippen LogP contribution < -0.4 is 5.32 Å². The predicted octanol–water partition coefficient (Wildman–Crippen LogP) is 2.38. The quantitative estimate of drug-likeness (QED) is 0.869. The summed E-state index contributed by atoms with van der Waals surface area (Å²) in [6.45, 7) is 7.31. The van der Waals surface area contributed by atoms with Crippen LogP contribution in [0.1, 0.15) is 50.0 Å². The minimum absolute atomic E-state index is 0.0236. The van der Waals surface area contributed by atoms with Crippen molar-refractivity contribution in [3.05, 3.63) is 18.1 Å². The number of rotatable bonds is 4. The Balaban J connectivity index is 1.54. The van der Waals surface area contributed by atoms with Crippen LogP contribution in [-0.4, -0.2) is 70.6 Å². The van der Waals surface area contributed by atoms with Crippen LogP contribution >= 0.6 is 0 Å². The summed E-state index contributed by atoms with van der Waals surface area (Å²) < 4.78 is 5.05. The average molecular weight is 375 g/mol. The molecule has 2 saturated heterocycles. The molecule has 1 N–H and O–H groups in total. The second-order valence-electron chi connectivity index (χ2n) is 7.37. The molecule has 27 heavy (non-hydrogen) atoms. The van der Waals surface area contributed by atoms with E-state index < -0.39 is 0 Å². The highest BCUT2D eigenvalue weighted by atomic mass is 16.6. The first kappa shape index (κ1) is 19.4. The van der Waals surface area contributed by atoms with Crippen LogP contribution in [0.3, 0.4) is 0 Å². The Morgan fingerprint density at radius 2 is 1.78 bits per heavy atom. The van der Waals surface area contributed by atoms with Gasteiger partial charge in [-0.3, -0.25) is 4.79 Å². The minimum Gasteiger partial charge on any atom is -0.450 e. The van der Waals surface area contributed by atoms with Gasteiger partial charge in [0.2, 0.25) is 0 Å². The number of nitrogens with zero attached hydrogens (tertiary/aromatic N) is 4. The van der Waals surface area contributed by atoms with E-state index in [2.05, 4.69) is 22.2 Å². The van der Waals surface area contributed by atoms with E-state index >= 15 is 0 Å². The van der Waals surface area contributed by atoms with E-state index in [0.717, 1.165) is 38.8 Å². The third kappa shape index (κ3) is 5.08. The van der Waals surface area contributed by atoms with E-state index in [1.165, 1.54) is 6.33 Å². The molecule has 2 amide bonds. The molecule has 0 saturated carbocycles. The second kappa shape index (κ2) is 9.01. The van der Waals surface area contributed by atoms with Gasteiger partial charge in [0.1, 0.15) is 17.8 Å². The van der Waals surface area contributed by atoms with Gasteiger partial charge in [-0.2, -0.15) is 0 Å². The lowest BCUT2D eigenvalue weighted by atomic mass is 9.99. The van der Waals surface area contributed by atoms with Crippen LogP contribution in [0.25, 0.3) is 0 Å². The van der Waals surface area contributed by atoms with Crippen molar-refractivity contribution in [3.8, 4) is 0 Å². The zero-order valence-electron chi connectivity index (χ0n) is 16.2. The summed E-state index contributed by atoms with van der Waals surface area (Å²) in [5.41, 5.74) is 0.436. The molecule has 8 heteroatoms. The van der Waals surface area contributed by atoms with Crippen molar-refractivity contribution in [2.75, 3.05) is 38.1 Å². The fourth-order valence-electron chi connectivity index (χ4n) is 3.56. The Labute approximate surface area is 160 Å². The molecule has 8 nitrogen and oxygen atoms in total. The number of carbonyl (C=O) groups excluding carboxylic acids is 2. The number of carbonyl (C=O) groups is 2. The third-order valence-corrected chi connectivity index (χ3v) is 5.33. The zero-order valence-corrected chi connectivity index (χ0v) is 16.2. The predicted molar refractivity (Wildman–Crippen MR) is 102 cm³/mol. The smallest absolute Gasteiger partial charge is 0.409 e. The molecule has 2 aliphatic heterocycles. The lowest BCUT2D eigenvalue weighted by Crippen LogP contribution is -2.42. The van der Waals surface area contributed by atoms with E-state index in [1.54, 1.807) is 11.0 Å². The van der Waals surface area contributed by atoms with Crippen molar-refractivity contribution in [2.24, 2.45) is 5.92 Å². The zero-order chi connectivity index (χ0) is 19.2. The molecule has 2 fully saturated rings. The van der Waals surface area contributed by atoms with Crippen molar-refractivity contribution in [1.29, 1.82) is 0 Å². The van der Waals surface area contributed by atoms with Gasteiger partial charge in [0.05, 0.1) is 6.61 Å². The lowest BCUT2D eigenvalue weighted by Gasteiger charge is -2.32. The summed E-state index contributed by atoms with van der Waals surface area (Å²) in [7, 11) is 0. The first-order valence-electron chi connectivity index (χ1n) is 9.86. The van der Waals surface area contributed by atoms with Crippen molar-refractivity contribution in [1.82, 2.24) is 19.8 Å². The van der Waals surface area contributed by atoms with Crippen molar-refractivity contribution < 1.29 is 14.3 Å². The van der Waals surface area contributed by atoms with Crippen LogP contribution in [0.4, 0.5) is 10.6 Å². The Bertz CT molecular complexity index is 653.